The van der Waals surface area contributed by atoms with Gasteiger partial charge in [0, 0.05) is 25.2 Å². The fourth-order valence-electron chi connectivity index (χ4n) is 4.00. The van der Waals surface area contributed by atoms with Crippen LogP contribution in [0.4, 0.5) is 0 Å². The van der Waals surface area contributed by atoms with E-state index in [-0.39, 0.29) is 23.9 Å². The van der Waals surface area contributed by atoms with Gasteiger partial charge in [0.05, 0.1) is 23.6 Å². The van der Waals surface area contributed by atoms with Crippen LogP contribution in [-0.4, -0.2) is 40.0 Å². The van der Waals surface area contributed by atoms with Crippen LogP contribution in [0, 0.1) is 0 Å². The van der Waals surface area contributed by atoms with Crippen LogP contribution < -0.4 is 5.48 Å². The molecule has 0 unspecified atom stereocenters. The third-order valence-electron chi connectivity index (χ3n) is 5.60. The summed E-state index contributed by atoms with van der Waals surface area (Å²) < 4.78 is 6.15. The smallest absolute Gasteiger partial charge is 0.267 e. The Kier molecular flexibility index (Phi) is 7.22. The number of hydrogen-bond donors (Lipinski definition) is 2. The van der Waals surface area contributed by atoms with Crippen LogP contribution in [0.2, 0.25) is 0 Å². The quantitative estimate of drug-likeness (QED) is 0.432. The number of rotatable bonds is 4. The van der Waals surface area contributed by atoms with Crippen LogP contribution in [0.25, 0.3) is 12.2 Å². The molecule has 1 fully saturated rings. The fraction of sp³-hybridized carbons (Fsp3) is 0.261. The summed E-state index contributed by atoms with van der Waals surface area (Å²) in [6.45, 7) is 1.93. The molecule has 7 nitrogen and oxygen atoms in total. The number of benzene rings is 1. The molecule has 3 heterocycles. The number of aromatic nitrogens is 1. The van der Waals surface area contributed by atoms with Crippen molar-refractivity contribution in [3.63, 3.8) is 0 Å². The Hall–Kier alpha value is -3.00. The Bertz CT molecular complexity index is 1010. The van der Waals surface area contributed by atoms with E-state index in [1.54, 1.807) is 24.3 Å². The van der Waals surface area contributed by atoms with Gasteiger partial charge in [-0.3, -0.25) is 14.8 Å². The number of likely N-dealkylation sites (tertiary alicyclic amines) is 1. The summed E-state index contributed by atoms with van der Waals surface area (Å²) in [4.78, 5) is 29.9. The number of ether oxygens (including phenoxy) is 1. The Morgan fingerprint density at radius 3 is 2.42 bits per heavy atom. The predicted molar refractivity (Wildman–Crippen MR) is 118 cm³/mol. The second kappa shape index (κ2) is 9.87. The summed E-state index contributed by atoms with van der Waals surface area (Å²) in [6, 6.07) is 13.6. The molecule has 0 bridgehead atoms. The van der Waals surface area contributed by atoms with E-state index in [2.05, 4.69) is 17.1 Å². The molecule has 0 aliphatic carbocycles. The van der Waals surface area contributed by atoms with E-state index in [9.17, 15) is 9.59 Å². The van der Waals surface area contributed by atoms with E-state index in [0.717, 1.165) is 12.8 Å². The molecule has 2 aromatic rings. The Balaban J connectivity index is 0.00000272. The highest BCUT2D eigenvalue weighted by molar-refractivity contribution is 5.92. The Morgan fingerprint density at radius 1 is 1.03 bits per heavy atom. The van der Waals surface area contributed by atoms with Crippen LogP contribution in [0.3, 0.4) is 0 Å². The van der Waals surface area contributed by atoms with Gasteiger partial charge in [0.25, 0.3) is 5.91 Å². The maximum atomic E-state index is 12.6. The number of carbonyl (C=O) groups excluding carboxylic acids is 2. The van der Waals surface area contributed by atoms with Gasteiger partial charge in [-0.15, -0.1) is 12.4 Å². The SMILES string of the molecule is Cl.O=C(/C=C/c1cccc(/C=C/C(=O)N2CCC3(CC2)OCc2ccccc23)n1)NO. The van der Waals surface area contributed by atoms with Crippen molar-refractivity contribution in [2.24, 2.45) is 0 Å². The fourth-order valence-corrected chi connectivity index (χ4v) is 4.00. The minimum Gasteiger partial charge on any atom is -0.365 e. The number of hydroxylamine groups is 1. The first-order valence-electron chi connectivity index (χ1n) is 9.88. The number of amides is 2. The van der Waals surface area contributed by atoms with E-state index >= 15 is 0 Å². The normalized spacial score (nSPS) is 17.0. The molecular weight excluding hydrogens is 418 g/mol. The first-order valence-corrected chi connectivity index (χ1v) is 9.88. The number of hydrogen-bond acceptors (Lipinski definition) is 5. The van der Waals surface area contributed by atoms with E-state index in [1.807, 2.05) is 17.0 Å². The number of pyridine rings is 1. The lowest BCUT2D eigenvalue weighted by Gasteiger charge is -2.39. The Morgan fingerprint density at radius 2 is 1.71 bits per heavy atom. The largest absolute Gasteiger partial charge is 0.365 e. The summed E-state index contributed by atoms with van der Waals surface area (Å²) in [5.41, 5.74) is 4.92. The molecule has 8 heteroatoms. The number of nitrogens with one attached hydrogen (secondary N) is 1. The zero-order valence-corrected chi connectivity index (χ0v) is 17.7. The summed E-state index contributed by atoms with van der Waals surface area (Å²) in [6.07, 6.45) is 7.42. The lowest BCUT2D eigenvalue weighted by Crippen LogP contribution is -2.44. The van der Waals surface area contributed by atoms with Crippen LogP contribution in [0.1, 0.15) is 35.4 Å². The first kappa shape index (κ1) is 22.7. The van der Waals surface area contributed by atoms with Gasteiger partial charge in [0.2, 0.25) is 5.91 Å². The van der Waals surface area contributed by atoms with Gasteiger partial charge in [0.15, 0.2) is 0 Å². The molecule has 31 heavy (non-hydrogen) atoms. The van der Waals surface area contributed by atoms with Gasteiger partial charge in [-0.25, -0.2) is 10.5 Å². The topological polar surface area (TPSA) is 91.8 Å². The summed E-state index contributed by atoms with van der Waals surface area (Å²) in [5, 5.41) is 8.52. The zero-order chi connectivity index (χ0) is 21.0. The first-order chi connectivity index (χ1) is 14.6. The van der Waals surface area contributed by atoms with Crippen LogP contribution in [0.5, 0.6) is 0 Å². The third-order valence-corrected chi connectivity index (χ3v) is 5.60. The molecule has 1 spiro atoms. The summed E-state index contributed by atoms with van der Waals surface area (Å²) in [7, 11) is 0. The van der Waals surface area contributed by atoms with Gasteiger partial charge < -0.3 is 9.64 Å². The zero-order valence-electron chi connectivity index (χ0n) is 16.9. The van der Waals surface area contributed by atoms with Gasteiger partial charge in [0.1, 0.15) is 0 Å². The minimum absolute atomic E-state index is 0. The van der Waals surface area contributed by atoms with Crippen LogP contribution in [0.15, 0.2) is 54.6 Å². The summed E-state index contributed by atoms with van der Waals surface area (Å²) in [5.74, 6) is -0.691. The minimum atomic E-state index is -0.635. The molecule has 1 aromatic carbocycles. The van der Waals surface area contributed by atoms with E-state index in [0.29, 0.717) is 31.1 Å². The van der Waals surface area contributed by atoms with E-state index < -0.39 is 5.91 Å². The lowest BCUT2D eigenvalue weighted by molar-refractivity contribution is -0.133. The molecule has 1 saturated heterocycles. The second-order valence-electron chi connectivity index (χ2n) is 7.40. The highest BCUT2D eigenvalue weighted by Crippen LogP contribution is 2.43. The van der Waals surface area contributed by atoms with Crippen molar-refractivity contribution in [2.75, 3.05) is 13.1 Å². The Labute approximate surface area is 186 Å². The van der Waals surface area contributed by atoms with Crippen molar-refractivity contribution in [1.29, 1.82) is 0 Å². The van der Waals surface area contributed by atoms with Crippen molar-refractivity contribution < 1.29 is 19.5 Å². The van der Waals surface area contributed by atoms with E-state index in [4.69, 9.17) is 9.94 Å². The van der Waals surface area contributed by atoms with E-state index in [1.165, 1.54) is 34.8 Å². The maximum Gasteiger partial charge on any atom is 0.267 e. The molecule has 0 saturated carbocycles. The standard InChI is InChI=1S/C23H23N3O4.ClH/c27-21(25-29)10-8-18-5-3-6-19(24-18)9-11-22(28)26-14-12-23(13-15-26)20-7-2-1-4-17(20)16-30-23;/h1-11,29H,12-16H2,(H,25,27);1H/b10-8+,11-9+;. The van der Waals surface area contributed by atoms with Gasteiger partial charge >= 0.3 is 0 Å². The number of piperidine rings is 1. The summed E-state index contributed by atoms with van der Waals surface area (Å²) >= 11 is 0. The van der Waals surface area contributed by atoms with Gasteiger partial charge in [-0.2, -0.15) is 0 Å². The van der Waals surface area contributed by atoms with Crippen LogP contribution in [-0.2, 0) is 26.5 Å². The van der Waals surface area contributed by atoms with Crippen molar-refractivity contribution in [3.05, 3.63) is 77.1 Å². The molecule has 4 rings (SSSR count). The number of carbonyl (C=O) groups is 2. The van der Waals surface area contributed by atoms with Crippen molar-refractivity contribution in [3.8, 4) is 0 Å². The molecule has 2 N–H and O–H groups in total. The molecule has 0 radical (unpaired) electrons. The molecule has 2 amide bonds. The predicted octanol–water partition coefficient (Wildman–Crippen LogP) is 3.08. The number of halogens is 1. The highest BCUT2D eigenvalue weighted by Gasteiger charge is 2.42. The highest BCUT2D eigenvalue weighted by atomic mass is 35.5. The van der Waals surface area contributed by atoms with Crippen molar-refractivity contribution >= 4 is 36.4 Å². The third kappa shape index (κ3) is 5.02. The van der Waals surface area contributed by atoms with Crippen LogP contribution >= 0.6 is 12.4 Å². The molecule has 162 valence electrons. The van der Waals surface area contributed by atoms with Gasteiger partial charge in [-0.1, -0.05) is 30.3 Å². The molecular formula is C23H24ClN3O4. The molecule has 2 aliphatic rings. The average Bonchev–Trinajstić information content (AvgIpc) is 3.15. The monoisotopic (exact) mass is 441 g/mol. The number of nitrogens with zero attached hydrogens (tertiary/aromatic N) is 2. The molecule has 2 aliphatic heterocycles. The van der Waals surface area contributed by atoms with Gasteiger partial charge in [-0.05, 0) is 48.3 Å². The number of fused-ring (bicyclic) bond motifs is 2. The molecule has 1 aromatic heterocycles. The average molecular weight is 442 g/mol. The molecule has 0 atom stereocenters. The maximum absolute atomic E-state index is 12.6. The lowest BCUT2D eigenvalue weighted by atomic mass is 9.84. The second-order valence-corrected chi connectivity index (χ2v) is 7.40. The van der Waals surface area contributed by atoms with Crippen molar-refractivity contribution in [2.45, 2.75) is 25.0 Å². The van der Waals surface area contributed by atoms with Crippen molar-refractivity contribution in [1.82, 2.24) is 15.4 Å².